The van der Waals surface area contributed by atoms with E-state index in [-0.39, 0.29) is 23.6 Å². The summed E-state index contributed by atoms with van der Waals surface area (Å²) in [5, 5.41) is 0. The Hall–Kier alpha value is -2.42. The minimum atomic E-state index is -3.67. The van der Waals surface area contributed by atoms with E-state index in [9.17, 15) is 13.6 Å². The van der Waals surface area contributed by atoms with Gasteiger partial charge in [-0.3, -0.25) is 4.57 Å². The third-order valence-corrected chi connectivity index (χ3v) is 4.60. The van der Waals surface area contributed by atoms with Crippen LogP contribution in [0.25, 0.3) is 5.69 Å². The van der Waals surface area contributed by atoms with Gasteiger partial charge in [0, 0.05) is 30.2 Å². The van der Waals surface area contributed by atoms with E-state index in [0.717, 1.165) is 4.88 Å². The van der Waals surface area contributed by atoms with Gasteiger partial charge in [-0.25, -0.2) is 4.79 Å². The van der Waals surface area contributed by atoms with Gasteiger partial charge in [-0.2, -0.15) is 4.99 Å². The zero-order valence-corrected chi connectivity index (χ0v) is 14.9. The standard InChI is InChI=1S/C16H17F2N3O3S/c1-9(2)20(4)14(22)19-15-21(8-10(3)25-15)11-5-6-12-13(7-11)24-16(17,18)23-12/h5-9H,1-4H3. The number of hydrogen-bond donors (Lipinski definition) is 0. The fourth-order valence-electron chi connectivity index (χ4n) is 2.19. The number of fused-ring (bicyclic) bond motifs is 1. The summed E-state index contributed by atoms with van der Waals surface area (Å²) >= 11 is 1.33. The van der Waals surface area contributed by atoms with Crippen molar-refractivity contribution in [3.8, 4) is 17.2 Å². The van der Waals surface area contributed by atoms with E-state index in [1.54, 1.807) is 23.9 Å². The summed E-state index contributed by atoms with van der Waals surface area (Å²) in [5.41, 5.74) is 0.545. The molecule has 0 bridgehead atoms. The van der Waals surface area contributed by atoms with E-state index in [4.69, 9.17) is 0 Å². The highest BCUT2D eigenvalue weighted by atomic mass is 32.1. The van der Waals surface area contributed by atoms with Crippen LogP contribution in [-0.2, 0) is 0 Å². The molecule has 0 aliphatic carbocycles. The second-order valence-electron chi connectivity index (χ2n) is 5.89. The highest BCUT2D eigenvalue weighted by molar-refractivity contribution is 7.09. The number of amides is 2. The second kappa shape index (κ2) is 6.14. The molecule has 25 heavy (non-hydrogen) atoms. The van der Waals surface area contributed by atoms with Crippen LogP contribution in [0.1, 0.15) is 18.7 Å². The number of alkyl halides is 2. The van der Waals surface area contributed by atoms with Gasteiger partial charge >= 0.3 is 12.3 Å². The zero-order chi connectivity index (χ0) is 18.4. The number of hydrogen-bond acceptors (Lipinski definition) is 4. The van der Waals surface area contributed by atoms with Gasteiger partial charge in [0.25, 0.3) is 0 Å². The molecule has 0 N–H and O–H groups in total. The zero-order valence-electron chi connectivity index (χ0n) is 14.1. The topological polar surface area (TPSA) is 56.1 Å². The highest BCUT2D eigenvalue weighted by Gasteiger charge is 2.43. The number of halogens is 2. The van der Waals surface area contributed by atoms with Gasteiger partial charge in [-0.15, -0.1) is 20.1 Å². The quantitative estimate of drug-likeness (QED) is 0.814. The second-order valence-corrected chi connectivity index (χ2v) is 7.11. The molecule has 0 fully saturated rings. The lowest BCUT2D eigenvalue weighted by Gasteiger charge is -2.18. The number of nitrogens with zero attached hydrogens (tertiary/aromatic N) is 3. The Morgan fingerprint density at radius 3 is 2.68 bits per heavy atom. The van der Waals surface area contributed by atoms with Gasteiger partial charge in [0.15, 0.2) is 16.3 Å². The highest BCUT2D eigenvalue weighted by Crippen LogP contribution is 2.41. The van der Waals surface area contributed by atoms with Crippen molar-refractivity contribution >= 4 is 17.4 Å². The molecule has 2 aromatic rings. The third kappa shape index (κ3) is 3.51. The van der Waals surface area contributed by atoms with Crippen LogP contribution in [-0.4, -0.2) is 34.9 Å². The van der Waals surface area contributed by atoms with Crippen LogP contribution in [0.2, 0.25) is 0 Å². The Bertz CT molecular complexity index is 889. The number of carbonyl (C=O) groups is 1. The molecule has 134 valence electrons. The molecule has 6 nitrogen and oxygen atoms in total. The number of urea groups is 1. The van der Waals surface area contributed by atoms with Gasteiger partial charge in [0.05, 0.1) is 5.69 Å². The average Bonchev–Trinajstić information content (AvgIpc) is 3.02. The molecule has 0 saturated heterocycles. The lowest BCUT2D eigenvalue weighted by molar-refractivity contribution is -0.286. The van der Waals surface area contributed by atoms with Gasteiger partial charge < -0.3 is 14.4 Å². The number of aryl methyl sites for hydroxylation is 1. The van der Waals surface area contributed by atoms with Gasteiger partial charge in [-0.05, 0) is 32.9 Å². The van der Waals surface area contributed by atoms with E-state index in [2.05, 4.69) is 14.5 Å². The fraction of sp³-hybridized carbons (Fsp3) is 0.375. The van der Waals surface area contributed by atoms with Gasteiger partial charge in [0.2, 0.25) is 0 Å². The summed E-state index contributed by atoms with van der Waals surface area (Å²) in [4.78, 5) is 19.3. The lowest BCUT2D eigenvalue weighted by Crippen LogP contribution is -2.32. The molecule has 9 heteroatoms. The normalized spacial score (nSPS) is 15.7. The van der Waals surface area contributed by atoms with Crippen LogP contribution in [0.4, 0.5) is 13.6 Å². The van der Waals surface area contributed by atoms with Crippen LogP contribution < -0.4 is 14.3 Å². The number of aromatic nitrogens is 1. The minimum Gasteiger partial charge on any atom is -0.395 e. The average molecular weight is 369 g/mol. The van der Waals surface area contributed by atoms with Crippen molar-refractivity contribution in [3.63, 3.8) is 0 Å². The Morgan fingerprint density at radius 1 is 1.32 bits per heavy atom. The Kier molecular flexibility index (Phi) is 4.28. The van der Waals surface area contributed by atoms with Crippen molar-refractivity contribution in [2.24, 2.45) is 4.99 Å². The predicted octanol–water partition coefficient (Wildman–Crippen LogP) is 3.53. The first-order valence-corrected chi connectivity index (χ1v) is 8.39. The SMILES string of the molecule is Cc1cn(-c2ccc3c(c2)OC(F)(F)O3)c(=NC(=O)N(C)C(C)C)s1. The molecular formula is C16H17F2N3O3S. The number of carbonyl (C=O) groups excluding carboxylic acids is 1. The Labute approximate surface area is 146 Å². The van der Waals surface area contributed by atoms with Crippen molar-refractivity contribution in [2.45, 2.75) is 33.1 Å². The van der Waals surface area contributed by atoms with Crippen molar-refractivity contribution in [1.29, 1.82) is 0 Å². The van der Waals surface area contributed by atoms with E-state index in [0.29, 0.717) is 10.5 Å². The van der Waals surface area contributed by atoms with Crippen molar-refractivity contribution in [2.75, 3.05) is 7.05 Å². The molecule has 3 rings (SSSR count). The van der Waals surface area contributed by atoms with Crippen LogP contribution in [0.5, 0.6) is 11.5 Å². The number of thiazole rings is 1. The van der Waals surface area contributed by atoms with E-state index < -0.39 is 6.29 Å². The van der Waals surface area contributed by atoms with E-state index in [1.807, 2.05) is 20.8 Å². The Balaban J connectivity index is 2.02. The maximum absolute atomic E-state index is 13.2. The number of ether oxygens (including phenoxy) is 2. The molecule has 0 unspecified atom stereocenters. The summed E-state index contributed by atoms with van der Waals surface area (Å²) < 4.78 is 36.9. The molecule has 2 amide bonds. The van der Waals surface area contributed by atoms with Crippen molar-refractivity contribution < 1.29 is 23.0 Å². The minimum absolute atomic E-state index is 0.0125. The van der Waals surface area contributed by atoms with E-state index >= 15 is 0 Å². The maximum atomic E-state index is 13.2. The molecule has 1 aliphatic heterocycles. The van der Waals surface area contributed by atoms with Crippen molar-refractivity contribution in [3.05, 3.63) is 34.1 Å². The third-order valence-electron chi connectivity index (χ3n) is 3.70. The van der Waals surface area contributed by atoms with E-state index in [1.165, 1.54) is 28.4 Å². The molecule has 0 saturated carbocycles. The van der Waals surface area contributed by atoms with Crippen LogP contribution in [0, 0.1) is 6.92 Å². The number of benzene rings is 1. The maximum Gasteiger partial charge on any atom is 0.586 e. The summed E-state index contributed by atoms with van der Waals surface area (Å²) in [7, 11) is 1.67. The molecule has 0 atom stereocenters. The lowest BCUT2D eigenvalue weighted by atomic mass is 10.3. The molecule has 1 aromatic carbocycles. The number of rotatable bonds is 2. The van der Waals surface area contributed by atoms with Gasteiger partial charge in [0.1, 0.15) is 0 Å². The monoisotopic (exact) mass is 369 g/mol. The van der Waals surface area contributed by atoms with Crippen LogP contribution >= 0.6 is 11.3 Å². The summed E-state index contributed by atoms with van der Waals surface area (Å²) in [6.07, 6.45) is -1.89. The summed E-state index contributed by atoms with van der Waals surface area (Å²) in [5.74, 6) is -0.0918. The molecule has 1 aliphatic rings. The molecule has 0 radical (unpaired) electrons. The predicted molar refractivity (Wildman–Crippen MR) is 88.4 cm³/mol. The largest absolute Gasteiger partial charge is 0.586 e. The summed E-state index contributed by atoms with van der Waals surface area (Å²) in [6.45, 7) is 5.65. The first-order chi connectivity index (χ1) is 11.7. The van der Waals surface area contributed by atoms with Gasteiger partial charge in [-0.1, -0.05) is 0 Å². The van der Waals surface area contributed by atoms with Crippen molar-refractivity contribution in [1.82, 2.24) is 9.47 Å². The van der Waals surface area contributed by atoms with Crippen LogP contribution in [0.15, 0.2) is 29.4 Å². The first kappa shape index (κ1) is 17.4. The Morgan fingerprint density at radius 2 is 2.00 bits per heavy atom. The molecule has 2 heterocycles. The molecule has 0 spiro atoms. The fourth-order valence-corrected chi connectivity index (χ4v) is 3.01. The smallest absolute Gasteiger partial charge is 0.395 e. The molecular weight excluding hydrogens is 352 g/mol. The first-order valence-electron chi connectivity index (χ1n) is 7.57. The molecule has 1 aromatic heterocycles. The van der Waals surface area contributed by atoms with Crippen LogP contribution in [0.3, 0.4) is 0 Å². The summed E-state index contributed by atoms with van der Waals surface area (Å²) in [6, 6.07) is 4.07.